The van der Waals surface area contributed by atoms with Gasteiger partial charge < -0.3 is 5.32 Å². The van der Waals surface area contributed by atoms with Gasteiger partial charge in [-0.25, -0.2) is 17.7 Å². The van der Waals surface area contributed by atoms with Crippen LogP contribution in [0.5, 0.6) is 0 Å². The van der Waals surface area contributed by atoms with Crippen molar-refractivity contribution < 1.29 is 13.2 Å². The number of carbonyl (C=O) groups is 1. The van der Waals surface area contributed by atoms with Crippen LogP contribution < -0.4 is 5.32 Å². The lowest BCUT2D eigenvalue weighted by molar-refractivity contribution is -0.120. The zero-order valence-corrected chi connectivity index (χ0v) is 15.0. The molecule has 0 aromatic carbocycles. The molecular formula is C15H23N3O3S2. The van der Waals surface area contributed by atoms with Gasteiger partial charge in [-0.15, -0.1) is 11.3 Å². The molecule has 1 fully saturated rings. The molecule has 0 unspecified atom stereocenters. The van der Waals surface area contributed by atoms with Crippen LogP contribution in [0.3, 0.4) is 0 Å². The van der Waals surface area contributed by atoms with Gasteiger partial charge in [0.05, 0.1) is 11.4 Å². The van der Waals surface area contributed by atoms with E-state index in [1.165, 1.54) is 22.0 Å². The number of rotatable bonds is 4. The van der Waals surface area contributed by atoms with Crippen LogP contribution in [-0.4, -0.2) is 42.5 Å². The number of aryl methyl sites for hydroxylation is 2. The van der Waals surface area contributed by atoms with Crippen LogP contribution in [0.2, 0.25) is 0 Å². The van der Waals surface area contributed by atoms with Crippen molar-refractivity contribution in [2.45, 2.75) is 45.4 Å². The van der Waals surface area contributed by atoms with Crippen LogP contribution in [-0.2, 0) is 27.7 Å². The first-order chi connectivity index (χ1) is 11.0. The SMILES string of the molecule is CCS(=O)(=O)N1CCC(C(=O)Nc2nc3c(s2)CCCC3)CC1. The molecule has 1 aliphatic heterocycles. The van der Waals surface area contributed by atoms with Crippen LogP contribution in [0.1, 0.15) is 43.2 Å². The second-order valence-corrected chi connectivity index (χ2v) is 9.50. The largest absolute Gasteiger partial charge is 0.302 e. The Labute approximate surface area is 141 Å². The van der Waals surface area contributed by atoms with E-state index in [1.54, 1.807) is 18.3 Å². The van der Waals surface area contributed by atoms with Crippen molar-refractivity contribution >= 4 is 32.4 Å². The van der Waals surface area contributed by atoms with E-state index in [1.807, 2.05) is 0 Å². The molecule has 23 heavy (non-hydrogen) atoms. The molecule has 2 heterocycles. The van der Waals surface area contributed by atoms with E-state index in [0.29, 0.717) is 31.1 Å². The number of hydrogen-bond acceptors (Lipinski definition) is 5. The van der Waals surface area contributed by atoms with Gasteiger partial charge in [-0.3, -0.25) is 4.79 Å². The minimum Gasteiger partial charge on any atom is -0.302 e. The van der Waals surface area contributed by atoms with Crippen LogP contribution in [0, 0.1) is 5.92 Å². The number of aromatic nitrogens is 1. The molecule has 3 rings (SSSR count). The lowest BCUT2D eigenvalue weighted by Crippen LogP contribution is -2.42. The predicted octanol–water partition coefficient (Wildman–Crippen LogP) is 2.02. The van der Waals surface area contributed by atoms with Crippen molar-refractivity contribution in [1.29, 1.82) is 0 Å². The minimum absolute atomic E-state index is 0.0235. The zero-order chi connectivity index (χ0) is 16.4. The molecule has 0 spiro atoms. The van der Waals surface area contributed by atoms with E-state index in [9.17, 15) is 13.2 Å². The molecule has 1 saturated heterocycles. The molecule has 1 aliphatic carbocycles. The number of nitrogens with one attached hydrogen (secondary N) is 1. The molecule has 1 N–H and O–H groups in total. The Kier molecular flexibility index (Phi) is 5.03. The molecule has 2 aliphatic rings. The number of nitrogens with zero attached hydrogens (tertiary/aromatic N) is 2. The summed E-state index contributed by atoms with van der Waals surface area (Å²) in [6.07, 6.45) is 5.61. The average molecular weight is 358 g/mol. The molecule has 0 saturated carbocycles. The van der Waals surface area contributed by atoms with Gasteiger partial charge in [-0.2, -0.15) is 0 Å². The monoisotopic (exact) mass is 357 g/mol. The van der Waals surface area contributed by atoms with Gasteiger partial charge in [-0.05, 0) is 45.4 Å². The van der Waals surface area contributed by atoms with Crippen molar-refractivity contribution in [2.75, 3.05) is 24.2 Å². The van der Waals surface area contributed by atoms with Crippen molar-refractivity contribution in [3.8, 4) is 0 Å². The summed E-state index contributed by atoms with van der Waals surface area (Å²) in [5, 5.41) is 3.64. The Bertz CT molecular complexity index is 653. The average Bonchev–Trinajstić information content (AvgIpc) is 2.97. The fraction of sp³-hybridized carbons (Fsp3) is 0.733. The quantitative estimate of drug-likeness (QED) is 0.894. The van der Waals surface area contributed by atoms with Gasteiger partial charge in [0.2, 0.25) is 15.9 Å². The summed E-state index contributed by atoms with van der Waals surface area (Å²) in [4.78, 5) is 18.2. The lowest BCUT2D eigenvalue weighted by atomic mass is 9.97. The van der Waals surface area contributed by atoms with Crippen LogP contribution >= 0.6 is 11.3 Å². The topological polar surface area (TPSA) is 79.4 Å². The van der Waals surface area contributed by atoms with Gasteiger partial charge >= 0.3 is 0 Å². The van der Waals surface area contributed by atoms with Gasteiger partial charge in [0.1, 0.15) is 0 Å². The van der Waals surface area contributed by atoms with E-state index < -0.39 is 10.0 Å². The standard InChI is InChI=1S/C15H23N3O3S2/c1-2-23(20,21)18-9-7-11(8-10-18)14(19)17-15-16-12-5-3-4-6-13(12)22-15/h11H,2-10H2,1H3,(H,16,17,19). The molecular weight excluding hydrogens is 334 g/mol. The molecule has 1 aromatic heterocycles. The molecule has 128 valence electrons. The van der Waals surface area contributed by atoms with Crippen molar-refractivity contribution in [3.63, 3.8) is 0 Å². The zero-order valence-electron chi connectivity index (χ0n) is 13.4. The molecule has 0 atom stereocenters. The fourth-order valence-corrected chi connectivity index (χ4v) is 5.38. The molecule has 0 radical (unpaired) electrons. The summed E-state index contributed by atoms with van der Waals surface area (Å²) in [6.45, 7) is 2.52. The van der Waals surface area contributed by atoms with Crippen molar-refractivity contribution in [1.82, 2.24) is 9.29 Å². The highest BCUT2D eigenvalue weighted by molar-refractivity contribution is 7.89. The second-order valence-electron chi connectivity index (χ2n) is 6.16. The predicted molar refractivity (Wildman–Crippen MR) is 91.1 cm³/mol. The Morgan fingerprint density at radius 2 is 2.00 bits per heavy atom. The van der Waals surface area contributed by atoms with Crippen LogP contribution in [0.25, 0.3) is 0 Å². The van der Waals surface area contributed by atoms with Crippen LogP contribution in [0.15, 0.2) is 0 Å². The fourth-order valence-electron chi connectivity index (χ4n) is 3.19. The first-order valence-corrected chi connectivity index (χ1v) is 10.7. The van der Waals surface area contributed by atoms with Gasteiger partial charge in [0.15, 0.2) is 5.13 Å². The van der Waals surface area contributed by atoms with Gasteiger partial charge in [-0.1, -0.05) is 0 Å². The smallest absolute Gasteiger partial charge is 0.229 e. The van der Waals surface area contributed by atoms with E-state index in [0.717, 1.165) is 18.5 Å². The number of thiazole rings is 1. The molecule has 8 heteroatoms. The highest BCUT2D eigenvalue weighted by atomic mass is 32.2. The summed E-state index contributed by atoms with van der Waals surface area (Å²) in [6, 6.07) is 0. The third-order valence-corrected chi connectivity index (χ3v) is 7.61. The number of amides is 1. The molecule has 0 bridgehead atoms. The number of piperidine rings is 1. The maximum absolute atomic E-state index is 12.4. The van der Waals surface area contributed by atoms with E-state index in [2.05, 4.69) is 10.3 Å². The number of anilines is 1. The highest BCUT2D eigenvalue weighted by Crippen LogP contribution is 2.30. The third-order valence-electron chi connectivity index (χ3n) is 4.66. The third kappa shape index (κ3) is 3.75. The van der Waals surface area contributed by atoms with Gasteiger partial charge in [0, 0.05) is 23.9 Å². The second kappa shape index (κ2) is 6.86. The Balaban J connectivity index is 1.57. The molecule has 1 amide bonds. The Morgan fingerprint density at radius 1 is 1.30 bits per heavy atom. The number of carbonyl (C=O) groups excluding carboxylic acids is 1. The van der Waals surface area contributed by atoms with E-state index >= 15 is 0 Å². The number of fused-ring (bicyclic) bond motifs is 1. The first-order valence-electron chi connectivity index (χ1n) is 8.27. The summed E-state index contributed by atoms with van der Waals surface area (Å²) >= 11 is 1.59. The molecule has 6 nitrogen and oxygen atoms in total. The van der Waals surface area contributed by atoms with Gasteiger partial charge in [0.25, 0.3) is 0 Å². The number of hydrogen-bond donors (Lipinski definition) is 1. The maximum atomic E-state index is 12.4. The van der Waals surface area contributed by atoms with E-state index in [4.69, 9.17) is 0 Å². The summed E-state index contributed by atoms with van der Waals surface area (Å²) in [7, 11) is -3.14. The van der Waals surface area contributed by atoms with E-state index in [-0.39, 0.29) is 17.6 Å². The molecule has 1 aromatic rings. The van der Waals surface area contributed by atoms with Crippen LogP contribution in [0.4, 0.5) is 5.13 Å². The maximum Gasteiger partial charge on any atom is 0.229 e. The highest BCUT2D eigenvalue weighted by Gasteiger charge is 2.30. The van der Waals surface area contributed by atoms with Crippen molar-refractivity contribution in [2.24, 2.45) is 5.92 Å². The lowest BCUT2D eigenvalue weighted by Gasteiger charge is -2.30. The number of sulfonamides is 1. The van der Waals surface area contributed by atoms with Crippen molar-refractivity contribution in [3.05, 3.63) is 10.6 Å². The Morgan fingerprint density at radius 3 is 2.65 bits per heavy atom. The minimum atomic E-state index is -3.14. The Hall–Kier alpha value is -0.990. The normalized spacial score (nSPS) is 20.2. The summed E-state index contributed by atoms with van der Waals surface area (Å²) < 4.78 is 25.2. The summed E-state index contributed by atoms with van der Waals surface area (Å²) in [5.41, 5.74) is 1.14. The summed E-state index contributed by atoms with van der Waals surface area (Å²) in [5.74, 6) is -0.0296. The first kappa shape index (κ1) is 16.9.